The Morgan fingerprint density at radius 2 is 1.75 bits per heavy atom. The highest BCUT2D eigenvalue weighted by Crippen LogP contribution is 2.07. The predicted molar refractivity (Wildman–Crippen MR) is 78.5 cm³/mol. The molecule has 0 aliphatic heterocycles. The normalized spacial score (nSPS) is 11.0. The number of hydrogen-bond acceptors (Lipinski definition) is 5. The standard InChI is InChI=1S/C15H15N5/c1-10-8-11(2)18-15(17-10)20-19-12(3)14-6-4-13(9-16)5-7-14/h4-8H,1-3H3,(H,17,18,20)/b19-12-. The van der Waals surface area contributed by atoms with Crippen molar-refractivity contribution in [3.8, 4) is 6.07 Å². The van der Waals surface area contributed by atoms with Gasteiger partial charge in [0.25, 0.3) is 0 Å². The molecule has 1 heterocycles. The molecule has 5 nitrogen and oxygen atoms in total. The molecule has 1 aromatic carbocycles. The zero-order valence-electron chi connectivity index (χ0n) is 11.7. The minimum atomic E-state index is 0.482. The van der Waals surface area contributed by atoms with Crippen LogP contribution in [0, 0.1) is 25.2 Å². The summed E-state index contributed by atoms with van der Waals surface area (Å²) >= 11 is 0. The maximum Gasteiger partial charge on any atom is 0.243 e. The maximum atomic E-state index is 8.76. The number of nitrogens with one attached hydrogen (secondary N) is 1. The van der Waals surface area contributed by atoms with Gasteiger partial charge in [0.2, 0.25) is 5.95 Å². The Hall–Kier alpha value is -2.74. The molecule has 0 spiro atoms. The second kappa shape index (κ2) is 5.93. The Morgan fingerprint density at radius 1 is 1.15 bits per heavy atom. The van der Waals surface area contributed by atoms with E-state index in [2.05, 4.69) is 26.6 Å². The van der Waals surface area contributed by atoms with E-state index < -0.39 is 0 Å². The lowest BCUT2D eigenvalue weighted by Gasteiger charge is -2.04. The van der Waals surface area contributed by atoms with Crippen LogP contribution in [-0.2, 0) is 0 Å². The summed E-state index contributed by atoms with van der Waals surface area (Å²) in [5, 5.41) is 13.0. The first-order chi connectivity index (χ1) is 9.58. The van der Waals surface area contributed by atoms with Crippen molar-refractivity contribution < 1.29 is 0 Å². The van der Waals surface area contributed by atoms with Crippen LogP contribution in [0.2, 0.25) is 0 Å². The highest BCUT2D eigenvalue weighted by molar-refractivity contribution is 5.99. The van der Waals surface area contributed by atoms with Crippen molar-refractivity contribution in [3.05, 3.63) is 52.8 Å². The molecule has 0 saturated heterocycles. The van der Waals surface area contributed by atoms with Gasteiger partial charge in [-0.2, -0.15) is 10.4 Å². The first-order valence-electron chi connectivity index (χ1n) is 6.21. The molecule has 0 bridgehead atoms. The van der Waals surface area contributed by atoms with Crippen molar-refractivity contribution in [2.45, 2.75) is 20.8 Å². The molecule has 2 rings (SSSR count). The second-order valence-electron chi connectivity index (χ2n) is 4.47. The summed E-state index contributed by atoms with van der Waals surface area (Å²) in [6.07, 6.45) is 0. The van der Waals surface area contributed by atoms with Gasteiger partial charge in [0, 0.05) is 11.4 Å². The third-order valence-corrected chi connectivity index (χ3v) is 2.74. The molecule has 0 saturated carbocycles. The smallest absolute Gasteiger partial charge is 0.243 e. The number of hydrogen-bond donors (Lipinski definition) is 1. The van der Waals surface area contributed by atoms with E-state index in [1.54, 1.807) is 12.1 Å². The molecule has 2 aromatic rings. The van der Waals surface area contributed by atoms with E-state index in [-0.39, 0.29) is 0 Å². The molecular formula is C15H15N5. The fourth-order valence-corrected chi connectivity index (χ4v) is 1.76. The van der Waals surface area contributed by atoms with Crippen molar-refractivity contribution in [1.29, 1.82) is 5.26 Å². The second-order valence-corrected chi connectivity index (χ2v) is 4.47. The zero-order valence-corrected chi connectivity index (χ0v) is 11.7. The summed E-state index contributed by atoms with van der Waals surface area (Å²) in [6, 6.07) is 11.2. The van der Waals surface area contributed by atoms with Gasteiger partial charge in [-0.15, -0.1) is 0 Å². The van der Waals surface area contributed by atoms with Crippen LogP contribution in [0.15, 0.2) is 35.4 Å². The SMILES string of the molecule is C/C(=N/Nc1nc(C)cc(C)n1)c1ccc(C#N)cc1. The predicted octanol–water partition coefficient (Wildman–Crippen LogP) is 2.80. The largest absolute Gasteiger partial charge is 0.245 e. The molecule has 0 amide bonds. The van der Waals surface area contributed by atoms with Gasteiger partial charge in [-0.1, -0.05) is 12.1 Å². The molecule has 0 fully saturated rings. The quantitative estimate of drug-likeness (QED) is 0.684. The number of hydrazone groups is 1. The molecule has 0 unspecified atom stereocenters. The zero-order chi connectivity index (χ0) is 14.5. The van der Waals surface area contributed by atoms with E-state index in [4.69, 9.17) is 5.26 Å². The Labute approximate surface area is 118 Å². The minimum Gasteiger partial charge on any atom is -0.245 e. The van der Waals surface area contributed by atoms with Crippen molar-refractivity contribution in [1.82, 2.24) is 9.97 Å². The number of nitrogens with zero attached hydrogens (tertiary/aromatic N) is 4. The van der Waals surface area contributed by atoms with Gasteiger partial charge in [-0.05, 0) is 44.5 Å². The lowest BCUT2D eigenvalue weighted by atomic mass is 10.1. The number of rotatable bonds is 3. The average molecular weight is 265 g/mol. The van der Waals surface area contributed by atoms with E-state index >= 15 is 0 Å². The van der Waals surface area contributed by atoms with Crippen LogP contribution in [0.1, 0.15) is 29.4 Å². The molecule has 0 aliphatic carbocycles. The van der Waals surface area contributed by atoms with Crippen molar-refractivity contribution in [2.75, 3.05) is 5.43 Å². The van der Waals surface area contributed by atoms with E-state index in [0.29, 0.717) is 11.5 Å². The van der Waals surface area contributed by atoms with E-state index in [0.717, 1.165) is 22.7 Å². The topological polar surface area (TPSA) is 74.0 Å². The summed E-state index contributed by atoms with van der Waals surface area (Å²) in [6.45, 7) is 5.71. The molecule has 1 N–H and O–H groups in total. The fourth-order valence-electron chi connectivity index (χ4n) is 1.76. The van der Waals surface area contributed by atoms with Gasteiger partial charge in [-0.3, -0.25) is 0 Å². The van der Waals surface area contributed by atoms with Crippen LogP contribution in [-0.4, -0.2) is 15.7 Å². The number of aromatic nitrogens is 2. The molecule has 20 heavy (non-hydrogen) atoms. The van der Waals surface area contributed by atoms with Crippen LogP contribution in [0.4, 0.5) is 5.95 Å². The average Bonchev–Trinajstić information content (AvgIpc) is 2.44. The van der Waals surface area contributed by atoms with Gasteiger partial charge >= 0.3 is 0 Å². The van der Waals surface area contributed by atoms with E-state index in [9.17, 15) is 0 Å². The number of benzene rings is 1. The number of aryl methyl sites for hydroxylation is 2. The lowest BCUT2D eigenvalue weighted by Crippen LogP contribution is -2.03. The fraction of sp³-hybridized carbons (Fsp3) is 0.200. The first-order valence-corrected chi connectivity index (χ1v) is 6.21. The van der Waals surface area contributed by atoms with Crippen LogP contribution < -0.4 is 5.43 Å². The Kier molecular flexibility index (Phi) is 4.06. The molecule has 100 valence electrons. The first kappa shape index (κ1) is 13.7. The van der Waals surface area contributed by atoms with Crippen LogP contribution >= 0.6 is 0 Å². The van der Waals surface area contributed by atoms with Gasteiger partial charge in [0.05, 0.1) is 17.3 Å². The maximum absolute atomic E-state index is 8.76. The third-order valence-electron chi connectivity index (χ3n) is 2.74. The van der Waals surface area contributed by atoms with E-state index in [1.165, 1.54) is 0 Å². The number of anilines is 1. The van der Waals surface area contributed by atoms with Crippen molar-refractivity contribution in [3.63, 3.8) is 0 Å². The Bertz CT molecular complexity index is 660. The summed E-state index contributed by atoms with van der Waals surface area (Å²) in [4.78, 5) is 8.51. The monoisotopic (exact) mass is 265 g/mol. The highest BCUT2D eigenvalue weighted by Gasteiger charge is 2.00. The molecular weight excluding hydrogens is 250 g/mol. The number of nitriles is 1. The van der Waals surface area contributed by atoms with Crippen LogP contribution in [0.3, 0.4) is 0 Å². The van der Waals surface area contributed by atoms with Gasteiger partial charge < -0.3 is 0 Å². The molecule has 1 aromatic heterocycles. The molecule has 5 heteroatoms. The Morgan fingerprint density at radius 3 is 2.30 bits per heavy atom. The van der Waals surface area contributed by atoms with Gasteiger partial charge in [0.1, 0.15) is 0 Å². The lowest BCUT2D eigenvalue weighted by molar-refractivity contribution is 1.03. The van der Waals surface area contributed by atoms with E-state index in [1.807, 2.05) is 39.0 Å². The molecule has 0 aliphatic rings. The van der Waals surface area contributed by atoms with Crippen molar-refractivity contribution >= 4 is 11.7 Å². The summed E-state index contributed by atoms with van der Waals surface area (Å²) < 4.78 is 0. The Balaban J connectivity index is 2.15. The van der Waals surface area contributed by atoms with Crippen LogP contribution in [0.25, 0.3) is 0 Å². The van der Waals surface area contributed by atoms with Crippen molar-refractivity contribution in [2.24, 2.45) is 5.10 Å². The summed E-state index contributed by atoms with van der Waals surface area (Å²) in [5.41, 5.74) is 7.02. The van der Waals surface area contributed by atoms with Gasteiger partial charge in [0.15, 0.2) is 0 Å². The summed E-state index contributed by atoms with van der Waals surface area (Å²) in [7, 11) is 0. The molecule has 0 atom stereocenters. The summed E-state index contributed by atoms with van der Waals surface area (Å²) in [5.74, 6) is 0.482. The molecule has 0 radical (unpaired) electrons. The van der Waals surface area contributed by atoms with Crippen LogP contribution in [0.5, 0.6) is 0 Å². The minimum absolute atomic E-state index is 0.482. The highest BCUT2D eigenvalue weighted by atomic mass is 15.4. The van der Waals surface area contributed by atoms with Gasteiger partial charge in [-0.25, -0.2) is 15.4 Å². The third kappa shape index (κ3) is 3.39.